The fourth-order valence-corrected chi connectivity index (χ4v) is 2.32. The van der Waals surface area contributed by atoms with E-state index in [9.17, 15) is 8.42 Å². The maximum atomic E-state index is 11.1. The van der Waals surface area contributed by atoms with Crippen LogP contribution >= 0.6 is 11.6 Å². The number of rotatable bonds is 3. The molecular formula is C10H15ClN2O2S. The van der Waals surface area contributed by atoms with Crippen LogP contribution in [0.1, 0.15) is 24.1 Å². The molecule has 0 aliphatic heterocycles. The van der Waals surface area contributed by atoms with Crippen LogP contribution in [-0.2, 0) is 10.0 Å². The van der Waals surface area contributed by atoms with Crippen LogP contribution in [0.2, 0.25) is 5.02 Å². The van der Waals surface area contributed by atoms with E-state index in [1.54, 1.807) is 19.1 Å². The molecule has 0 unspecified atom stereocenters. The van der Waals surface area contributed by atoms with E-state index in [1.165, 1.54) is 0 Å². The van der Waals surface area contributed by atoms with Gasteiger partial charge in [0.25, 0.3) is 0 Å². The third-order valence-electron chi connectivity index (χ3n) is 2.13. The van der Waals surface area contributed by atoms with Crippen molar-refractivity contribution < 1.29 is 8.42 Å². The molecule has 4 nitrogen and oxygen atoms in total. The molecule has 90 valence electrons. The highest BCUT2D eigenvalue weighted by atomic mass is 35.5. The van der Waals surface area contributed by atoms with Crippen LogP contribution in [0.5, 0.6) is 0 Å². The summed E-state index contributed by atoms with van der Waals surface area (Å²) >= 11 is 6.01. The summed E-state index contributed by atoms with van der Waals surface area (Å²) in [7, 11) is -3.29. The second kappa shape index (κ2) is 4.61. The predicted molar refractivity (Wildman–Crippen MR) is 67.3 cm³/mol. The number of anilines is 1. The first-order valence-electron chi connectivity index (χ1n) is 4.74. The maximum absolute atomic E-state index is 11.1. The van der Waals surface area contributed by atoms with Crippen molar-refractivity contribution in [2.45, 2.75) is 19.9 Å². The Bertz CT molecular complexity index is 498. The minimum atomic E-state index is -3.29. The first-order chi connectivity index (χ1) is 7.20. The second-order valence-electron chi connectivity index (χ2n) is 3.85. The number of aryl methyl sites for hydroxylation is 1. The highest BCUT2D eigenvalue weighted by molar-refractivity contribution is 7.92. The van der Waals surface area contributed by atoms with E-state index in [-0.39, 0.29) is 6.04 Å². The fourth-order valence-electron chi connectivity index (χ4n) is 1.36. The van der Waals surface area contributed by atoms with Gasteiger partial charge in [-0.1, -0.05) is 17.7 Å². The van der Waals surface area contributed by atoms with Crippen molar-refractivity contribution in [3.63, 3.8) is 0 Å². The standard InChI is InChI=1S/C10H15ClN2O2S/c1-6-4-8(7(2)12)9(11)5-10(6)13-16(3,14)15/h4-5,7,13H,12H2,1-3H3/t7-/m1/s1. The Kier molecular flexibility index (Phi) is 3.83. The number of nitrogens with one attached hydrogen (secondary N) is 1. The lowest BCUT2D eigenvalue weighted by atomic mass is 10.1. The van der Waals surface area contributed by atoms with Gasteiger partial charge >= 0.3 is 0 Å². The van der Waals surface area contributed by atoms with Gasteiger partial charge in [-0.3, -0.25) is 4.72 Å². The lowest BCUT2D eigenvalue weighted by Gasteiger charge is -2.13. The normalized spacial score (nSPS) is 13.6. The molecule has 0 bridgehead atoms. The van der Waals surface area contributed by atoms with Gasteiger partial charge in [0.2, 0.25) is 10.0 Å². The van der Waals surface area contributed by atoms with E-state index in [4.69, 9.17) is 17.3 Å². The second-order valence-corrected chi connectivity index (χ2v) is 6.01. The molecule has 1 rings (SSSR count). The molecule has 16 heavy (non-hydrogen) atoms. The first kappa shape index (κ1) is 13.3. The molecule has 0 aliphatic rings. The van der Waals surface area contributed by atoms with Crippen LogP contribution in [0, 0.1) is 6.92 Å². The summed E-state index contributed by atoms with van der Waals surface area (Å²) in [6.45, 7) is 3.63. The molecule has 6 heteroatoms. The average molecular weight is 263 g/mol. The van der Waals surface area contributed by atoms with Crippen LogP contribution in [-0.4, -0.2) is 14.7 Å². The smallest absolute Gasteiger partial charge is 0.229 e. The number of hydrogen-bond acceptors (Lipinski definition) is 3. The van der Waals surface area contributed by atoms with Gasteiger partial charge in [0, 0.05) is 11.1 Å². The van der Waals surface area contributed by atoms with Crippen LogP contribution in [0.4, 0.5) is 5.69 Å². The van der Waals surface area contributed by atoms with E-state index < -0.39 is 10.0 Å². The van der Waals surface area contributed by atoms with Gasteiger partial charge in [-0.2, -0.15) is 0 Å². The van der Waals surface area contributed by atoms with E-state index in [1.807, 2.05) is 6.92 Å². The van der Waals surface area contributed by atoms with E-state index in [0.717, 1.165) is 17.4 Å². The third kappa shape index (κ3) is 3.37. The van der Waals surface area contributed by atoms with Crippen molar-refractivity contribution in [2.24, 2.45) is 5.73 Å². The summed E-state index contributed by atoms with van der Waals surface area (Å²) in [4.78, 5) is 0. The minimum absolute atomic E-state index is 0.182. The molecule has 0 amide bonds. The molecule has 0 saturated heterocycles. The first-order valence-corrected chi connectivity index (χ1v) is 7.01. The molecule has 3 N–H and O–H groups in total. The predicted octanol–water partition coefficient (Wildman–Crippen LogP) is 2.04. The number of hydrogen-bond donors (Lipinski definition) is 2. The summed E-state index contributed by atoms with van der Waals surface area (Å²) in [5, 5.41) is 0.465. The fraction of sp³-hybridized carbons (Fsp3) is 0.400. The Morgan fingerprint density at radius 3 is 2.44 bits per heavy atom. The summed E-state index contributed by atoms with van der Waals surface area (Å²) in [5.74, 6) is 0. The van der Waals surface area contributed by atoms with Crippen LogP contribution < -0.4 is 10.5 Å². The van der Waals surface area contributed by atoms with Crippen molar-refractivity contribution in [1.29, 1.82) is 0 Å². The van der Waals surface area contributed by atoms with E-state index in [2.05, 4.69) is 4.72 Å². The topological polar surface area (TPSA) is 72.2 Å². The average Bonchev–Trinajstić information content (AvgIpc) is 2.07. The number of benzene rings is 1. The molecule has 0 fully saturated rings. The Morgan fingerprint density at radius 2 is 2.00 bits per heavy atom. The third-order valence-corrected chi connectivity index (χ3v) is 3.05. The van der Waals surface area contributed by atoms with Crippen LogP contribution in [0.25, 0.3) is 0 Å². The Labute approximate surface area is 101 Å². The molecule has 0 aromatic heterocycles. The van der Waals surface area contributed by atoms with E-state index in [0.29, 0.717) is 10.7 Å². The van der Waals surface area contributed by atoms with Crippen molar-refractivity contribution in [3.8, 4) is 0 Å². The molecule has 0 aliphatic carbocycles. The quantitative estimate of drug-likeness (QED) is 0.876. The zero-order valence-corrected chi connectivity index (χ0v) is 11.0. The molecular weight excluding hydrogens is 248 g/mol. The lowest BCUT2D eigenvalue weighted by Crippen LogP contribution is -2.12. The highest BCUT2D eigenvalue weighted by Gasteiger charge is 2.11. The Hall–Kier alpha value is -0.780. The number of nitrogens with two attached hydrogens (primary N) is 1. The Morgan fingerprint density at radius 1 is 1.44 bits per heavy atom. The lowest BCUT2D eigenvalue weighted by molar-refractivity contribution is 0.607. The van der Waals surface area contributed by atoms with Gasteiger partial charge in [-0.25, -0.2) is 8.42 Å². The monoisotopic (exact) mass is 262 g/mol. The zero-order valence-electron chi connectivity index (χ0n) is 9.41. The summed E-state index contributed by atoms with van der Waals surface area (Å²) in [6.07, 6.45) is 1.10. The zero-order chi connectivity index (χ0) is 12.5. The van der Waals surface area contributed by atoms with Crippen LogP contribution in [0.3, 0.4) is 0 Å². The van der Waals surface area contributed by atoms with Gasteiger partial charge in [0.15, 0.2) is 0 Å². The number of halogens is 1. The molecule has 1 atom stereocenters. The van der Waals surface area contributed by atoms with Crippen molar-refractivity contribution in [1.82, 2.24) is 0 Å². The summed E-state index contributed by atoms with van der Waals surface area (Å²) < 4.78 is 24.6. The SMILES string of the molecule is Cc1cc([C@@H](C)N)c(Cl)cc1NS(C)(=O)=O. The van der Waals surface area contributed by atoms with Crippen molar-refractivity contribution in [3.05, 3.63) is 28.3 Å². The van der Waals surface area contributed by atoms with Crippen molar-refractivity contribution in [2.75, 3.05) is 11.0 Å². The Balaban J connectivity index is 3.21. The summed E-state index contributed by atoms with van der Waals surface area (Å²) in [6, 6.07) is 3.19. The van der Waals surface area contributed by atoms with Gasteiger partial charge in [0.1, 0.15) is 0 Å². The van der Waals surface area contributed by atoms with Crippen LogP contribution in [0.15, 0.2) is 12.1 Å². The molecule has 0 heterocycles. The highest BCUT2D eigenvalue weighted by Crippen LogP contribution is 2.28. The number of sulfonamides is 1. The molecule has 1 aromatic rings. The van der Waals surface area contributed by atoms with Gasteiger partial charge in [0.05, 0.1) is 11.9 Å². The minimum Gasteiger partial charge on any atom is -0.324 e. The molecule has 0 saturated carbocycles. The largest absolute Gasteiger partial charge is 0.324 e. The van der Waals surface area contributed by atoms with Crippen molar-refractivity contribution >= 4 is 27.3 Å². The molecule has 0 radical (unpaired) electrons. The molecule has 0 spiro atoms. The van der Waals surface area contributed by atoms with Gasteiger partial charge < -0.3 is 5.73 Å². The summed E-state index contributed by atoms with van der Waals surface area (Å²) in [5.41, 5.74) is 7.82. The van der Waals surface area contributed by atoms with E-state index >= 15 is 0 Å². The maximum Gasteiger partial charge on any atom is 0.229 e. The van der Waals surface area contributed by atoms with Gasteiger partial charge in [-0.05, 0) is 31.0 Å². The molecule has 1 aromatic carbocycles. The van der Waals surface area contributed by atoms with Gasteiger partial charge in [-0.15, -0.1) is 0 Å².